The van der Waals surface area contributed by atoms with E-state index in [0.717, 1.165) is 0 Å². The van der Waals surface area contributed by atoms with Crippen molar-refractivity contribution in [3.63, 3.8) is 0 Å². The number of rotatable bonds is 2. The fourth-order valence-corrected chi connectivity index (χ4v) is 3.89. The van der Waals surface area contributed by atoms with Crippen LogP contribution in [0.2, 0.25) is 5.02 Å². The summed E-state index contributed by atoms with van der Waals surface area (Å²) in [6.07, 6.45) is 0.00954. The van der Waals surface area contributed by atoms with E-state index in [0.29, 0.717) is 16.9 Å². The maximum atomic E-state index is 15.7. The molecule has 1 aromatic heterocycles. The van der Waals surface area contributed by atoms with Gasteiger partial charge in [-0.15, -0.1) is 0 Å². The molecule has 3 N–H and O–H groups in total. The van der Waals surface area contributed by atoms with Crippen LogP contribution in [0, 0.1) is 18.2 Å². The molecule has 1 amide bonds. The Hall–Kier alpha value is -3.13. The van der Waals surface area contributed by atoms with Gasteiger partial charge in [0.25, 0.3) is 0 Å². The number of carbonyl (C=O) groups is 1. The van der Waals surface area contributed by atoms with Crippen LogP contribution in [0.15, 0.2) is 30.3 Å². The van der Waals surface area contributed by atoms with Gasteiger partial charge in [-0.3, -0.25) is 19.7 Å². The minimum Gasteiger partial charge on any atom is -0.506 e. The first-order chi connectivity index (χ1) is 13.6. The van der Waals surface area contributed by atoms with Gasteiger partial charge in [-0.25, -0.2) is 9.37 Å². The molecule has 1 fully saturated rings. The number of nitrogens with one attached hydrogen (secondary N) is 2. The lowest BCUT2D eigenvalue weighted by molar-refractivity contribution is -0.129. The highest BCUT2D eigenvalue weighted by atomic mass is 35.5. The number of phenols is 1. The van der Waals surface area contributed by atoms with Gasteiger partial charge < -0.3 is 10.4 Å². The van der Waals surface area contributed by atoms with Crippen molar-refractivity contribution in [2.45, 2.75) is 25.8 Å². The Morgan fingerprint density at radius 2 is 2.10 bits per heavy atom. The van der Waals surface area contributed by atoms with Crippen LogP contribution in [0.3, 0.4) is 0 Å². The number of aromatic nitrogens is 2. The summed E-state index contributed by atoms with van der Waals surface area (Å²) >= 11 is 6.06. The van der Waals surface area contributed by atoms with E-state index in [1.807, 2.05) is 0 Å². The minimum atomic E-state index is -1.07. The Morgan fingerprint density at radius 3 is 2.79 bits per heavy atom. The molecule has 0 bridgehead atoms. The van der Waals surface area contributed by atoms with Crippen molar-refractivity contribution in [3.8, 4) is 11.4 Å². The molecule has 1 aliphatic rings. The lowest BCUT2D eigenvalue weighted by atomic mass is 9.86. The first-order valence-electron chi connectivity index (χ1n) is 8.92. The highest BCUT2D eigenvalue weighted by molar-refractivity contribution is 6.32. The third kappa shape index (κ3) is 2.91. The fourth-order valence-electron chi connectivity index (χ4n) is 3.73. The van der Waals surface area contributed by atoms with Crippen LogP contribution in [0.5, 0.6) is 5.75 Å². The topological polar surface area (TPSA) is 94.2 Å². The predicted molar refractivity (Wildman–Crippen MR) is 108 cm³/mol. The van der Waals surface area contributed by atoms with Gasteiger partial charge in [0.2, 0.25) is 5.91 Å². The first-order valence-corrected chi connectivity index (χ1v) is 9.30. The third-order valence-electron chi connectivity index (χ3n) is 5.31. The van der Waals surface area contributed by atoms with Gasteiger partial charge in [-0.2, -0.15) is 0 Å². The molecule has 0 aliphatic carbocycles. The van der Waals surface area contributed by atoms with E-state index in [-0.39, 0.29) is 40.3 Å². The average Bonchev–Trinajstić information content (AvgIpc) is 2.95. The summed E-state index contributed by atoms with van der Waals surface area (Å²) < 4.78 is 17.4. The Kier molecular flexibility index (Phi) is 4.27. The zero-order chi connectivity index (χ0) is 21.1. The molecular weight excluding hydrogens is 397 g/mol. The molecule has 1 saturated heterocycles. The van der Waals surface area contributed by atoms with E-state index in [2.05, 4.69) is 10.3 Å². The fraction of sp³-hybridized carbons (Fsp3) is 0.250. The van der Waals surface area contributed by atoms with Gasteiger partial charge in [-0.05, 0) is 26.0 Å². The van der Waals surface area contributed by atoms with Crippen molar-refractivity contribution in [1.82, 2.24) is 19.8 Å². The number of hydrogen-bond donors (Lipinski definition) is 3. The summed E-state index contributed by atoms with van der Waals surface area (Å²) in [5, 5.41) is 20.9. The van der Waals surface area contributed by atoms with Crippen LogP contribution in [-0.4, -0.2) is 38.5 Å². The molecule has 0 unspecified atom stereocenters. The first kappa shape index (κ1) is 19.2. The molecule has 0 radical (unpaired) electrons. The Labute approximate surface area is 171 Å². The van der Waals surface area contributed by atoms with Crippen LogP contribution in [0.4, 0.5) is 4.39 Å². The summed E-state index contributed by atoms with van der Waals surface area (Å²) in [5.74, 6) is -0.465. The van der Waals surface area contributed by atoms with Gasteiger partial charge in [-0.1, -0.05) is 23.7 Å². The second kappa shape index (κ2) is 6.45. The molecule has 1 atom stereocenters. The largest absolute Gasteiger partial charge is 0.506 e. The number of halogens is 2. The SMILES string of the molecule is Cc1nc2cc(O)c(Cl)cc2n1-c1cccc([C@]2(C)CC(=O)N(C)C(=N)N2)c1F. The van der Waals surface area contributed by atoms with Crippen LogP contribution in [0.25, 0.3) is 16.7 Å². The van der Waals surface area contributed by atoms with Crippen molar-refractivity contribution in [2.75, 3.05) is 7.05 Å². The van der Waals surface area contributed by atoms with E-state index in [4.69, 9.17) is 17.0 Å². The standard InChI is InChI=1S/C20H19ClFN5O2/c1-10-24-13-8-16(28)12(21)7-15(13)27(10)14-6-4-5-11(18(14)22)20(2)9-17(29)26(3)19(23)25-20/h4-8,28H,9H2,1-3H3,(H2,23,25)/t20-/m0/s1. The molecular formula is C20H19ClFN5O2. The number of guanidine groups is 1. The van der Waals surface area contributed by atoms with Gasteiger partial charge in [0, 0.05) is 18.7 Å². The number of fused-ring (bicyclic) bond motifs is 1. The molecule has 4 rings (SSSR count). The number of carbonyl (C=O) groups excluding carboxylic acids is 1. The number of amides is 1. The maximum absolute atomic E-state index is 15.7. The van der Waals surface area contributed by atoms with E-state index >= 15 is 4.39 Å². The van der Waals surface area contributed by atoms with E-state index in [1.54, 1.807) is 36.6 Å². The Balaban J connectivity index is 1.90. The van der Waals surface area contributed by atoms with E-state index in [1.165, 1.54) is 24.1 Å². The van der Waals surface area contributed by atoms with Gasteiger partial charge in [0.05, 0.1) is 33.7 Å². The van der Waals surface area contributed by atoms with Crippen molar-refractivity contribution in [3.05, 3.63) is 52.6 Å². The van der Waals surface area contributed by atoms with Crippen molar-refractivity contribution in [2.24, 2.45) is 0 Å². The number of aryl methyl sites for hydroxylation is 1. The highest BCUT2D eigenvalue weighted by Gasteiger charge is 2.40. The number of aromatic hydroxyl groups is 1. The normalized spacial score (nSPS) is 19.7. The van der Waals surface area contributed by atoms with Crippen molar-refractivity contribution >= 4 is 34.5 Å². The summed E-state index contributed by atoms with van der Waals surface area (Å²) in [5.41, 5.74) is 0.472. The summed E-state index contributed by atoms with van der Waals surface area (Å²) in [6, 6.07) is 7.88. The van der Waals surface area contributed by atoms with Crippen LogP contribution in [-0.2, 0) is 10.3 Å². The molecule has 3 aromatic rings. The quantitative estimate of drug-likeness (QED) is 0.597. The number of benzene rings is 2. The molecule has 2 aromatic carbocycles. The van der Waals surface area contributed by atoms with E-state index in [9.17, 15) is 9.90 Å². The zero-order valence-electron chi connectivity index (χ0n) is 16.0. The number of nitrogens with zero attached hydrogens (tertiary/aromatic N) is 3. The molecule has 29 heavy (non-hydrogen) atoms. The Bertz CT molecular complexity index is 1170. The molecule has 0 saturated carbocycles. The van der Waals surface area contributed by atoms with Gasteiger partial charge in [0.15, 0.2) is 11.8 Å². The molecule has 2 heterocycles. The molecule has 9 heteroatoms. The van der Waals surface area contributed by atoms with Crippen molar-refractivity contribution < 1.29 is 14.3 Å². The monoisotopic (exact) mass is 415 g/mol. The summed E-state index contributed by atoms with van der Waals surface area (Å²) in [4.78, 5) is 17.9. The third-order valence-corrected chi connectivity index (χ3v) is 5.62. The van der Waals surface area contributed by atoms with Crippen LogP contribution < -0.4 is 5.32 Å². The molecule has 0 spiro atoms. The number of hydrogen-bond acceptors (Lipinski definition) is 4. The van der Waals surface area contributed by atoms with Crippen molar-refractivity contribution in [1.29, 1.82) is 5.41 Å². The van der Waals surface area contributed by atoms with Gasteiger partial charge in [0.1, 0.15) is 11.6 Å². The van der Waals surface area contributed by atoms with E-state index < -0.39 is 11.4 Å². The van der Waals surface area contributed by atoms with Crippen LogP contribution in [0.1, 0.15) is 24.7 Å². The predicted octanol–water partition coefficient (Wildman–Crippen LogP) is 3.43. The maximum Gasteiger partial charge on any atom is 0.231 e. The second-order valence-electron chi connectivity index (χ2n) is 7.36. The van der Waals surface area contributed by atoms with Crippen LogP contribution >= 0.6 is 11.6 Å². The number of imidazole rings is 1. The molecule has 1 aliphatic heterocycles. The smallest absolute Gasteiger partial charge is 0.231 e. The lowest BCUT2D eigenvalue weighted by Crippen LogP contribution is -2.58. The zero-order valence-corrected chi connectivity index (χ0v) is 16.8. The molecule has 150 valence electrons. The summed E-state index contributed by atoms with van der Waals surface area (Å²) in [6.45, 7) is 3.42. The average molecular weight is 416 g/mol. The Morgan fingerprint density at radius 1 is 1.38 bits per heavy atom. The summed E-state index contributed by atoms with van der Waals surface area (Å²) in [7, 11) is 1.50. The lowest BCUT2D eigenvalue weighted by Gasteiger charge is -2.39. The number of phenolic OH excluding ortho intramolecular Hbond substituents is 1. The highest BCUT2D eigenvalue weighted by Crippen LogP contribution is 2.35. The minimum absolute atomic E-state index is 0.00954. The molecule has 7 nitrogen and oxygen atoms in total. The van der Waals surface area contributed by atoms with Gasteiger partial charge >= 0.3 is 0 Å². The second-order valence-corrected chi connectivity index (χ2v) is 7.77.